The van der Waals surface area contributed by atoms with Gasteiger partial charge >= 0.3 is 0 Å². The summed E-state index contributed by atoms with van der Waals surface area (Å²) >= 11 is 6.75. The standard InChI is InChI=1S/C28H32N4O3S2/c1-4-5-6-7-15-29-25-22(26(33)32-18-19(2)8-13-24(32)30-25)17-23-27(34)31(28(36)37-23)16-14-20-9-11-21(35-3)12-10-20/h8-13,17-18,29H,4-7,14-16H2,1-3H3. The number of amides is 1. The number of thioether (sulfide) groups is 1. The van der Waals surface area contributed by atoms with Crippen LogP contribution >= 0.6 is 24.0 Å². The molecule has 3 aromatic rings. The number of aromatic nitrogens is 2. The van der Waals surface area contributed by atoms with Gasteiger partial charge in [0.05, 0.1) is 17.6 Å². The van der Waals surface area contributed by atoms with Gasteiger partial charge in [0.1, 0.15) is 21.5 Å². The quantitative estimate of drug-likeness (QED) is 0.198. The minimum Gasteiger partial charge on any atom is -0.497 e. The molecule has 0 unspecified atom stereocenters. The number of pyridine rings is 1. The highest BCUT2D eigenvalue weighted by Crippen LogP contribution is 2.33. The van der Waals surface area contributed by atoms with Crippen molar-refractivity contribution in [3.05, 3.63) is 74.5 Å². The number of rotatable bonds is 11. The number of carbonyl (C=O) groups is 1. The first-order valence-electron chi connectivity index (χ1n) is 12.6. The van der Waals surface area contributed by atoms with Crippen molar-refractivity contribution in [1.82, 2.24) is 14.3 Å². The number of hydrogen-bond acceptors (Lipinski definition) is 7. The minimum atomic E-state index is -0.215. The van der Waals surface area contributed by atoms with Gasteiger partial charge in [-0.3, -0.25) is 18.9 Å². The van der Waals surface area contributed by atoms with Crippen molar-refractivity contribution < 1.29 is 9.53 Å². The van der Waals surface area contributed by atoms with E-state index in [0.29, 0.717) is 45.8 Å². The summed E-state index contributed by atoms with van der Waals surface area (Å²) in [6, 6.07) is 11.5. The first kappa shape index (κ1) is 26.9. The summed E-state index contributed by atoms with van der Waals surface area (Å²) in [7, 11) is 1.63. The zero-order valence-corrected chi connectivity index (χ0v) is 23.1. The van der Waals surface area contributed by atoms with Crippen LogP contribution in [0.3, 0.4) is 0 Å². The van der Waals surface area contributed by atoms with E-state index >= 15 is 0 Å². The smallest absolute Gasteiger partial charge is 0.267 e. The Balaban J connectivity index is 1.59. The molecule has 1 amide bonds. The number of hydrogen-bond donors (Lipinski definition) is 1. The molecule has 1 saturated heterocycles. The van der Waals surface area contributed by atoms with Crippen LogP contribution < -0.4 is 15.6 Å². The Morgan fingerprint density at radius 3 is 2.62 bits per heavy atom. The van der Waals surface area contributed by atoms with Crippen molar-refractivity contribution in [3.63, 3.8) is 0 Å². The summed E-state index contributed by atoms with van der Waals surface area (Å²) in [6.45, 7) is 5.27. The van der Waals surface area contributed by atoms with Gasteiger partial charge in [0, 0.05) is 19.3 Å². The molecule has 194 valence electrons. The molecule has 1 aromatic carbocycles. The number of anilines is 1. The third kappa shape index (κ3) is 6.40. The minimum absolute atomic E-state index is 0.189. The lowest BCUT2D eigenvalue weighted by Crippen LogP contribution is -2.30. The van der Waals surface area contributed by atoms with Gasteiger partial charge in [-0.1, -0.05) is 68.4 Å². The Labute approximate surface area is 226 Å². The van der Waals surface area contributed by atoms with E-state index in [1.54, 1.807) is 24.3 Å². The fourth-order valence-electron chi connectivity index (χ4n) is 4.14. The summed E-state index contributed by atoms with van der Waals surface area (Å²) in [5, 5.41) is 3.34. The van der Waals surface area contributed by atoms with Crippen LogP contribution in [0.15, 0.2) is 52.3 Å². The highest BCUT2D eigenvalue weighted by atomic mass is 32.2. The SMILES string of the molecule is CCCCCCNc1nc2ccc(C)cn2c(=O)c1C=C1SC(=S)N(CCc2ccc(OC)cc2)C1=O. The molecule has 37 heavy (non-hydrogen) atoms. The number of nitrogens with zero attached hydrogens (tertiary/aromatic N) is 3. The molecule has 0 atom stereocenters. The van der Waals surface area contributed by atoms with Gasteiger partial charge in [-0.15, -0.1) is 0 Å². The molecule has 0 radical (unpaired) electrons. The van der Waals surface area contributed by atoms with Gasteiger partial charge in [0.15, 0.2) is 0 Å². The van der Waals surface area contributed by atoms with Crippen molar-refractivity contribution in [1.29, 1.82) is 0 Å². The lowest BCUT2D eigenvalue weighted by molar-refractivity contribution is -0.122. The number of thiocarbonyl (C=S) groups is 1. The molecular weight excluding hydrogens is 504 g/mol. The Bertz CT molecular complexity index is 1380. The average molecular weight is 537 g/mol. The second-order valence-electron chi connectivity index (χ2n) is 9.03. The van der Waals surface area contributed by atoms with Gasteiger partial charge < -0.3 is 10.1 Å². The molecule has 3 heterocycles. The second kappa shape index (κ2) is 12.4. The molecule has 2 aromatic heterocycles. The van der Waals surface area contributed by atoms with E-state index in [1.165, 1.54) is 22.6 Å². The van der Waals surface area contributed by atoms with Crippen LogP contribution in [0.2, 0.25) is 0 Å². The van der Waals surface area contributed by atoms with Crippen LogP contribution in [0.4, 0.5) is 5.82 Å². The van der Waals surface area contributed by atoms with Crippen LogP contribution in [0.25, 0.3) is 11.7 Å². The lowest BCUT2D eigenvalue weighted by atomic mass is 10.1. The van der Waals surface area contributed by atoms with Crippen molar-refractivity contribution in [3.8, 4) is 5.75 Å². The van der Waals surface area contributed by atoms with E-state index in [0.717, 1.165) is 36.1 Å². The zero-order chi connectivity index (χ0) is 26.4. The van der Waals surface area contributed by atoms with Crippen LogP contribution in [-0.2, 0) is 11.2 Å². The zero-order valence-electron chi connectivity index (χ0n) is 21.5. The highest BCUT2D eigenvalue weighted by molar-refractivity contribution is 8.26. The molecule has 9 heteroatoms. The molecule has 0 aliphatic carbocycles. The van der Waals surface area contributed by atoms with Gasteiger partial charge in [0.25, 0.3) is 11.5 Å². The molecule has 0 spiro atoms. The number of nitrogens with one attached hydrogen (secondary N) is 1. The predicted molar refractivity (Wildman–Crippen MR) is 155 cm³/mol. The molecule has 4 rings (SSSR count). The Hall–Kier alpha value is -3.17. The number of unbranched alkanes of at least 4 members (excludes halogenated alkanes) is 3. The van der Waals surface area contributed by atoms with E-state index in [1.807, 2.05) is 43.3 Å². The van der Waals surface area contributed by atoms with Crippen molar-refractivity contribution in [2.45, 2.75) is 46.0 Å². The predicted octanol–water partition coefficient (Wildman–Crippen LogP) is 5.45. The third-order valence-corrected chi connectivity index (χ3v) is 7.64. The van der Waals surface area contributed by atoms with Crippen molar-refractivity contribution in [2.75, 3.05) is 25.5 Å². The summed E-state index contributed by atoms with van der Waals surface area (Å²) in [5.41, 5.74) is 2.76. The number of ether oxygens (including phenoxy) is 1. The number of aryl methyl sites for hydroxylation is 1. The van der Waals surface area contributed by atoms with Gasteiger partial charge in [0.2, 0.25) is 0 Å². The normalized spacial score (nSPS) is 14.7. The first-order chi connectivity index (χ1) is 17.9. The Morgan fingerprint density at radius 2 is 1.89 bits per heavy atom. The highest BCUT2D eigenvalue weighted by Gasteiger charge is 2.32. The molecular formula is C28H32N4O3S2. The van der Waals surface area contributed by atoms with E-state index in [4.69, 9.17) is 21.9 Å². The van der Waals surface area contributed by atoms with Crippen LogP contribution in [0, 0.1) is 6.92 Å². The topological polar surface area (TPSA) is 75.9 Å². The van der Waals surface area contributed by atoms with Crippen LogP contribution in [0.1, 0.15) is 49.3 Å². The molecule has 7 nitrogen and oxygen atoms in total. The van der Waals surface area contributed by atoms with E-state index in [-0.39, 0.29) is 11.5 Å². The van der Waals surface area contributed by atoms with Crippen molar-refractivity contribution in [2.24, 2.45) is 0 Å². The molecule has 1 aliphatic heterocycles. The van der Waals surface area contributed by atoms with Gasteiger partial charge in [-0.25, -0.2) is 4.98 Å². The maximum absolute atomic E-state index is 13.5. The molecule has 1 fully saturated rings. The lowest BCUT2D eigenvalue weighted by Gasteiger charge is -2.14. The number of methoxy groups -OCH3 is 1. The van der Waals surface area contributed by atoms with E-state index in [9.17, 15) is 9.59 Å². The van der Waals surface area contributed by atoms with Crippen LogP contribution in [-0.4, -0.2) is 44.7 Å². The second-order valence-corrected chi connectivity index (χ2v) is 10.7. The number of benzene rings is 1. The Morgan fingerprint density at radius 1 is 1.11 bits per heavy atom. The van der Waals surface area contributed by atoms with Crippen molar-refractivity contribution >= 4 is 51.7 Å². The molecule has 0 saturated carbocycles. The fourth-order valence-corrected chi connectivity index (χ4v) is 5.43. The van der Waals surface area contributed by atoms with Crippen LogP contribution in [0.5, 0.6) is 5.75 Å². The molecule has 0 bridgehead atoms. The number of carbonyl (C=O) groups excluding carboxylic acids is 1. The summed E-state index contributed by atoms with van der Waals surface area (Å²) in [6.07, 6.45) is 8.49. The third-order valence-electron chi connectivity index (χ3n) is 6.26. The summed E-state index contributed by atoms with van der Waals surface area (Å²) in [4.78, 5) is 33.6. The Kier molecular flexibility index (Phi) is 9.00. The largest absolute Gasteiger partial charge is 0.497 e. The maximum Gasteiger partial charge on any atom is 0.267 e. The average Bonchev–Trinajstić information content (AvgIpc) is 3.17. The van der Waals surface area contributed by atoms with Gasteiger partial charge in [-0.2, -0.15) is 0 Å². The number of fused-ring (bicyclic) bond motifs is 1. The summed E-state index contributed by atoms with van der Waals surface area (Å²) < 4.78 is 7.24. The molecule has 1 aliphatic rings. The van der Waals surface area contributed by atoms with E-state index in [2.05, 4.69) is 12.2 Å². The summed E-state index contributed by atoms with van der Waals surface area (Å²) in [5.74, 6) is 1.09. The van der Waals surface area contributed by atoms with E-state index < -0.39 is 0 Å². The maximum atomic E-state index is 13.5. The monoisotopic (exact) mass is 536 g/mol. The molecule has 1 N–H and O–H groups in total. The fraction of sp³-hybridized carbons (Fsp3) is 0.357. The first-order valence-corrected chi connectivity index (χ1v) is 13.8. The van der Waals surface area contributed by atoms with Gasteiger partial charge in [-0.05, 0) is 55.2 Å².